The van der Waals surface area contributed by atoms with Crippen molar-refractivity contribution >= 4 is 10.9 Å². The Kier molecular flexibility index (Phi) is 8.92. The second kappa shape index (κ2) is 7.86. The molecule has 2 rings (SSSR count). The zero-order valence-electron chi connectivity index (χ0n) is 9.87. The number of para-hydroxylation sites is 1. The van der Waals surface area contributed by atoms with E-state index in [0.29, 0.717) is 0 Å². The second-order valence-corrected chi connectivity index (χ2v) is 2.59. The van der Waals surface area contributed by atoms with Crippen molar-refractivity contribution in [2.75, 3.05) is 7.11 Å². The molecule has 4 heteroatoms. The third-order valence-electron chi connectivity index (χ3n) is 1.88. The number of ether oxygens (including phenoxy) is 1. The van der Waals surface area contributed by atoms with Crippen molar-refractivity contribution in [3.05, 3.63) is 44.0 Å². The van der Waals surface area contributed by atoms with E-state index in [2.05, 4.69) is 4.98 Å². The number of methoxy groups -OCH3 is 1. The number of hydrogen-bond acceptors (Lipinski definition) is 1. The summed E-state index contributed by atoms with van der Waals surface area (Å²) >= 11 is 0. The van der Waals surface area contributed by atoms with Gasteiger partial charge in [0, 0.05) is 6.07 Å². The standard InChI is InChI=1S/C10H9NO.CH3.2Li/c1-12-9-6-2-4-8-5-3-7-11-10(8)9;;;/h2-7H,1H3;1H3;;/q;-1;2*+1/p+1. The van der Waals surface area contributed by atoms with Gasteiger partial charge < -0.3 is 12.2 Å². The van der Waals surface area contributed by atoms with Crippen LogP contribution in [0.2, 0.25) is 0 Å². The maximum absolute atomic E-state index is 5.20. The van der Waals surface area contributed by atoms with E-state index >= 15 is 0 Å². The number of pyridine rings is 1. The summed E-state index contributed by atoms with van der Waals surface area (Å²) in [6.45, 7) is 0. The van der Waals surface area contributed by atoms with E-state index in [1.165, 1.54) is 0 Å². The van der Waals surface area contributed by atoms with Gasteiger partial charge in [-0.2, -0.15) is 0 Å². The quantitative estimate of drug-likeness (QED) is 0.332. The maximum Gasteiger partial charge on any atom is 1.00 e. The van der Waals surface area contributed by atoms with E-state index < -0.39 is 0 Å². The van der Waals surface area contributed by atoms with Crippen molar-refractivity contribution in [1.29, 1.82) is 0 Å². The molecule has 0 bridgehead atoms. The average Bonchev–Trinajstić information content (AvgIpc) is 2.17. The normalized spacial score (nSPS) is 8.07. The van der Waals surface area contributed by atoms with E-state index in [4.69, 9.17) is 4.74 Å². The minimum Gasteiger partial charge on any atom is -0.490 e. The SMILES string of the molecule is COc1cccc2ccc[nH+]c12.[CH3-].[Li+].[Li+]. The molecule has 0 atom stereocenters. The first kappa shape index (κ1) is 17.0. The molecule has 68 valence electrons. The zero-order chi connectivity index (χ0) is 8.39. The first-order chi connectivity index (χ1) is 5.92. The van der Waals surface area contributed by atoms with Crippen LogP contribution in [0.3, 0.4) is 0 Å². The number of benzene rings is 1. The molecule has 2 nitrogen and oxygen atoms in total. The Hall–Kier alpha value is -0.375. The Balaban J connectivity index is 0. The first-order valence-electron chi connectivity index (χ1n) is 3.85. The predicted molar refractivity (Wildman–Crippen MR) is 53.5 cm³/mol. The molecule has 0 aliphatic carbocycles. The summed E-state index contributed by atoms with van der Waals surface area (Å²) in [6.07, 6.45) is 1.89. The predicted octanol–water partition coefficient (Wildman–Crippen LogP) is -3.88. The fraction of sp³-hybridized carbons (Fsp3) is 0.0909. The van der Waals surface area contributed by atoms with E-state index in [1.807, 2.05) is 36.5 Å². The third kappa shape index (κ3) is 3.60. The number of rotatable bonds is 1. The summed E-state index contributed by atoms with van der Waals surface area (Å²) in [5, 5.41) is 1.16. The second-order valence-electron chi connectivity index (χ2n) is 2.59. The van der Waals surface area contributed by atoms with Crippen LogP contribution in [-0.2, 0) is 0 Å². The van der Waals surface area contributed by atoms with Gasteiger partial charge in [0.05, 0.1) is 12.5 Å². The minimum absolute atomic E-state index is 0. The Morgan fingerprint density at radius 1 is 1.07 bits per heavy atom. The molecular weight excluding hydrogens is 176 g/mol. The third-order valence-corrected chi connectivity index (χ3v) is 1.88. The Bertz CT molecular complexity index is 401. The fourth-order valence-corrected chi connectivity index (χ4v) is 1.29. The summed E-state index contributed by atoms with van der Waals surface area (Å²) in [6, 6.07) is 10.00. The van der Waals surface area contributed by atoms with Gasteiger partial charge in [-0.3, -0.25) is 0 Å². The van der Waals surface area contributed by atoms with Crippen molar-refractivity contribution in [3.8, 4) is 5.75 Å². The van der Waals surface area contributed by atoms with Gasteiger partial charge in [-0.15, -0.1) is 0 Å². The Morgan fingerprint density at radius 2 is 1.73 bits per heavy atom. The summed E-state index contributed by atoms with van der Waals surface area (Å²) in [4.78, 5) is 3.15. The van der Waals surface area contributed by atoms with E-state index in [1.54, 1.807) is 7.11 Å². The summed E-state index contributed by atoms with van der Waals surface area (Å²) in [7, 11) is 1.68. The Morgan fingerprint density at radius 3 is 2.40 bits per heavy atom. The van der Waals surface area contributed by atoms with Gasteiger partial charge in [-0.05, 0) is 18.2 Å². The molecule has 0 fully saturated rings. The van der Waals surface area contributed by atoms with Crippen LogP contribution in [0.5, 0.6) is 5.75 Å². The molecule has 15 heavy (non-hydrogen) atoms. The van der Waals surface area contributed by atoms with Crippen LogP contribution in [0.1, 0.15) is 0 Å². The van der Waals surface area contributed by atoms with Gasteiger partial charge in [0.2, 0.25) is 0 Å². The number of aromatic amines is 1. The molecule has 0 radical (unpaired) electrons. The molecule has 1 aromatic heterocycles. The number of H-pyrrole nitrogens is 1. The molecule has 0 amide bonds. The summed E-state index contributed by atoms with van der Waals surface area (Å²) < 4.78 is 5.20. The van der Waals surface area contributed by atoms with Crippen LogP contribution < -0.4 is 47.4 Å². The molecule has 1 N–H and O–H groups in total. The Labute approximate surface area is 115 Å². The average molecular weight is 189 g/mol. The van der Waals surface area contributed by atoms with Gasteiger partial charge in [0.25, 0.3) is 5.52 Å². The van der Waals surface area contributed by atoms with Gasteiger partial charge in [-0.25, -0.2) is 4.98 Å². The molecule has 0 aliphatic heterocycles. The molecule has 1 heterocycles. The molecule has 0 unspecified atom stereocenters. The van der Waals surface area contributed by atoms with Crippen LogP contribution in [0.25, 0.3) is 10.9 Å². The van der Waals surface area contributed by atoms with Crippen LogP contribution in [0.15, 0.2) is 36.5 Å². The first-order valence-corrected chi connectivity index (χ1v) is 3.85. The number of nitrogens with one attached hydrogen (secondary N) is 1. The van der Waals surface area contributed by atoms with Crippen LogP contribution in [-0.4, -0.2) is 7.11 Å². The molecule has 0 saturated heterocycles. The zero-order valence-corrected chi connectivity index (χ0v) is 9.87. The maximum atomic E-state index is 5.20. The van der Waals surface area contributed by atoms with Crippen LogP contribution >= 0.6 is 0 Å². The molecule has 0 aliphatic rings. The van der Waals surface area contributed by atoms with Crippen molar-refractivity contribution in [2.45, 2.75) is 0 Å². The topological polar surface area (TPSA) is 23.4 Å². The van der Waals surface area contributed by atoms with Gasteiger partial charge in [0.15, 0.2) is 11.9 Å². The minimum atomic E-state index is 0. The molecular formula is C11H13Li2NO+2. The summed E-state index contributed by atoms with van der Waals surface area (Å²) in [5.74, 6) is 0.883. The number of fused-ring (bicyclic) bond motifs is 1. The summed E-state index contributed by atoms with van der Waals surface area (Å²) in [5.41, 5.74) is 1.04. The van der Waals surface area contributed by atoms with Crippen molar-refractivity contribution in [3.63, 3.8) is 0 Å². The van der Waals surface area contributed by atoms with Gasteiger partial charge in [-0.1, -0.05) is 6.07 Å². The van der Waals surface area contributed by atoms with E-state index in [0.717, 1.165) is 16.7 Å². The monoisotopic (exact) mass is 189 g/mol. The van der Waals surface area contributed by atoms with E-state index in [9.17, 15) is 0 Å². The fourth-order valence-electron chi connectivity index (χ4n) is 1.29. The van der Waals surface area contributed by atoms with Gasteiger partial charge >= 0.3 is 37.7 Å². The molecule has 2 aromatic rings. The van der Waals surface area contributed by atoms with Gasteiger partial charge in [0.1, 0.15) is 0 Å². The largest absolute Gasteiger partial charge is 1.00 e. The molecule has 0 saturated carbocycles. The van der Waals surface area contributed by atoms with Crippen molar-refractivity contribution in [1.82, 2.24) is 0 Å². The van der Waals surface area contributed by atoms with Crippen molar-refractivity contribution < 1.29 is 47.4 Å². The van der Waals surface area contributed by atoms with E-state index in [-0.39, 0.29) is 45.1 Å². The number of aromatic nitrogens is 1. The van der Waals surface area contributed by atoms with Crippen LogP contribution in [0, 0.1) is 7.43 Å². The molecule has 1 aromatic carbocycles. The van der Waals surface area contributed by atoms with Crippen molar-refractivity contribution in [2.24, 2.45) is 0 Å². The number of hydrogen-bond donors (Lipinski definition) is 0. The molecule has 0 spiro atoms. The van der Waals surface area contributed by atoms with Crippen LogP contribution in [0.4, 0.5) is 0 Å². The smallest absolute Gasteiger partial charge is 0.490 e.